The molecule has 1 saturated carbocycles. The largest absolute Gasteiger partial charge is 0.310 e. The third kappa shape index (κ3) is 3.16. The van der Waals surface area contributed by atoms with Gasteiger partial charge in [0.1, 0.15) is 0 Å². The van der Waals surface area contributed by atoms with Crippen LogP contribution >= 0.6 is 0 Å². The van der Waals surface area contributed by atoms with Crippen molar-refractivity contribution in [3.63, 3.8) is 0 Å². The van der Waals surface area contributed by atoms with Crippen LogP contribution in [0, 0.1) is 0 Å². The fraction of sp³-hybridized carbons (Fsp3) is 0.800. The van der Waals surface area contributed by atoms with Crippen LogP contribution in [0.1, 0.15) is 50.8 Å². The maximum atomic E-state index is 11.9. The second kappa shape index (κ2) is 5.39. The fourth-order valence-corrected chi connectivity index (χ4v) is 5.34. The Bertz CT molecular complexity index is 619. The average Bonchev–Trinajstić information content (AvgIpc) is 3.08. The predicted molar refractivity (Wildman–Crippen MR) is 83.0 cm³/mol. The van der Waals surface area contributed by atoms with Crippen molar-refractivity contribution in [1.82, 2.24) is 15.1 Å². The molecule has 1 unspecified atom stereocenters. The van der Waals surface area contributed by atoms with Crippen molar-refractivity contribution < 1.29 is 8.42 Å². The van der Waals surface area contributed by atoms with Crippen molar-refractivity contribution in [2.45, 2.75) is 64.1 Å². The van der Waals surface area contributed by atoms with Crippen LogP contribution in [-0.4, -0.2) is 35.7 Å². The molecule has 1 saturated heterocycles. The smallest absolute Gasteiger partial charge is 0.152 e. The molecule has 2 aliphatic rings. The van der Waals surface area contributed by atoms with Crippen LogP contribution in [-0.2, 0) is 28.3 Å². The van der Waals surface area contributed by atoms with Crippen LogP contribution in [0.4, 0.5) is 0 Å². The van der Waals surface area contributed by atoms with Crippen LogP contribution in [0.3, 0.4) is 0 Å². The second-order valence-corrected chi connectivity index (χ2v) is 8.96. The summed E-state index contributed by atoms with van der Waals surface area (Å²) in [4.78, 5) is 0. The van der Waals surface area contributed by atoms with Gasteiger partial charge in [0.15, 0.2) is 9.84 Å². The fourth-order valence-electron chi connectivity index (χ4n) is 3.23. The van der Waals surface area contributed by atoms with Crippen LogP contribution in [0.15, 0.2) is 6.20 Å². The number of nitrogens with one attached hydrogen (secondary N) is 1. The topological polar surface area (TPSA) is 64.0 Å². The number of hydrogen-bond donors (Lipinski definition) is 1. The molecule has 1 aromatic rings. The molecule has 118 valence electrons. The van der Waals surface area contributed by atoms with Gasteiger partial charge in [-0.1, -0.05) is 13.3 Å². The minimum absolute atomic E-state index is 0.216. The Kier molecular flexibility index (Phi) is 3.86. The summed E-state index contributed by atoms with van der Waals surface area (Å²) in [6.45, 7) is 5.04. The molecule has 1 atom stereocenters. The summed E-state index contributed by atoms with van der Waals surface area (Å²) in [5.41, 5.74) is 2.07. The van der Waals surface area contributed by atoms with E-state index in [-0.39, 0.29) is 17.0 Å². The van der Waals surface area contributed by atoms with Gasteiger partial charge in [-0.2, -0.15) is 5.10 Å². The first kappa shape index (κ1) is 15.0. The van der Waals surface area contributed by atoms with Gasteiger partial charge in [0.25, 0.3) is 0 Å². The molecule has 2 heterocycles. The molecule has 6 heteroatoms. The minimum atomic E-state index is -2.92. The highest BCUT2D eigenvalue weighted by molar-refractivity contribution is 7.91. The predicted octanol–water partition coefficient (Wildman–Crippen LogP) is 1.62. The molecule has 0 bridgehead atoms. The van der Waals surface area contributed by atoms with E-state index in [0.29, 0.717) is 12.5 Å². The zero-order valence-electron chi connectivity index (χ0n) is 12.9. The summed E-state index contributed by atoms with van der Waals surface area (Å²) in [5, 5.41) is 8.10. The Labute approximate surface area is 127 Å². The van der Waals surface area contributed by atoms with E-state index in [1.165, 1.54) is 24.1 Å². The number of rotatable bonds is 6. The summed E-state index contributed by atoms with van der Waals surface area (Å²) in [6, 6.07) is 0.672. The van der Waals surface area contributed by atoms with Crippen LogP contribution in [0.5, 0.6) is 0 Å². The van der Waals surface area contributed by atoms with E-state index < -0.39 is 9.84 Å². The van der Waals surface area contributed by atoms with Crippen LogP contribution in [0.25, 0.3) is 0 Å². The molecule has 1 aromatic heterocycles. The first-order valence-electron chi connectivity index (χ1n) is 7.93. The number of hydrogen-bond acceptors (Lipinski definition) is 4. The normalized spacial score (nSPS) is 28.1. The number of sulfone groups is 1. The zero-order chi connectivity index (χ0) is 15.1. The molecule has 5 nitrogen and oxygen atoms in total. The van der Waals surface area contributed by atoms with E-state index >= 15 is 0 Å². The van der Waals surface area contributed by atoms with Crippen molar-refractivity contribution in [2.75, 3.05) is 11.5 Å². The number of aromatic nitrogens is 2. The quantitative estimate of drug-likeness (QED) is 0.867. The highest BCUT2D eigenvalue weighted by Crippen LogP contribution is 2.32. The number of nitrogens with zero attached hydrogens (tertiary/aromatic N) is 2. The van der Waals surface area contributed by atoms with Gasteiger partial charge in [0, 0.05) is 23.8 Å². The van der Waals surface area contributed by atoms with Crippen LogP contribution < -0.4 is 5.32 Å². The Morgan fingerprint density at radius 2 is 2.24 bits per heavy atom. The molecular weight excluding hydrogens is 286 g/mol. The molecule has 3 rings (SSSR count). The van der Waals surface area contributed by atoms with Gasteiger partial charge in [-0.05, 0) is 32.6 Å². The van der Waals surface area contributed by atoms with Gasteiger partial charge in [-0.15, -0.1) is 0 Å². The highest BCUT2D eigenvalue weighted by Gasteiger charge is 2.41. The lowest BCUT2D eigenvalue weighted by molar-refractivity contribution is 0.317. The molecule has 1 N–H and O–H groups in total. The van der Waals surface area contributed by atoms with Crippen molar-refractivity contribution in [3.8, 4) is 0 Å². The molecule has 0 amide bonds. The van der Waals surface area contributed by atoms with E-state index in [1.54, 1.807) is 0 Å². The highest BCUT2D eigenvalue weighted by atomic mass is 32.2. The van der Waals surface area contributed by atoms with Gasteiger partial charge >= 0.3 is 0 Å². The van der Waals surface area contributed by atoms with Gasteiger partial charge in [-0.3, -0.25) is 4.68 Å². The van der Waals surface area contributed by atoms with Crippen LogP contribution in [0.2, 0.25) is 0 Å². The second-order valence-electron chi connectivity index (χ2n) is 6.77. The molecule has 2 fully saturated rings. The summed E-state index contributed by atoms with van der Waals surface area (Å²) in [6.07, 6.45) is 7.14. The monoisotopic (exact) mass is 311 g/mol. The van der Waals surface area contributed by atoms with E-state index in [9.17, 15) is 8.42 Å². The van der Waals surface area contributed by atoms with Gasteiger partial charge in [0.2, 0.25) is 0 Å². The Morgan fingerprint density at radius 1 is 1.48 bits per heavy atom. The van der Waals surface area contributed by atoms with E-state index in [2.05, 4.69) is 17.3 Å². The summed E-state index contributed by atoms with van der Waals surface area (Å²) >= 11 is 0. The third-order valence-electron chi connectivity index (χ3n) is 4.59. The van der Waals surface area contributed by atoms with Gasteiger partial charge < -0.3 is 5.32 Å². The molecular formula is C15H25N3O2S. The van der Waals surface area contributed by atoms with Crippen molar-refractivity contribution in [3.05, 3.63) is 17.5 Å². The van der Waals surface area contributed by atoms with E-state index in [1.807, 2.05) is 17.8 Å². The molecule has 0 aromatic carbocycles. The first-order valence-corrected chi connectivity index (χ1v) is 9.76. The standard InChI is InChI=1S/C15H25N3O2S/c1-3-4-14-12(9-16-13-5-6-13)10-17-18(14)15(2)7-8-21(19,20)11-15/h10,13,16H,3-9,11H2,1-2H3. The molecule has 0 radical (unpaired) electrons. The summed E-state index contributed by atoms with van der Waals surface area (Å²) < 4.78 is 25.7. The lowest BCUT2D eigenvalue weighted by atomic mass is 10.0. The van der Waals surface area contributed by atoms with E-state index in [0.717, 1.165) is 19.4 Å². The Balaban J connectivity index is 1.86. The zero-order valence-corrected chi connectivity index (χ0v) is 13.7. The maximum Gasteiger partial charge on any atom is 0.152 e. The maximum absolute atomic E-state index is 11.9. The van der Waals surface area contributed by atoms with Gasteiger partial charge in [0.05, 0.1) is 23.2 Å². The first-order chi connectivity index (χ1) is 9.93. The molecule has 1 aliphatic heterocycles. The SMILES string of the molecule is CCCc1c(CNC2CC2)cnn1C1(C)CCS(=O)(=O)C1. The Hall–Kier alpha value is -0.880. The van der Waals surface area contributed by atoms with Crippen molar-refractivity contribution in [2.24, 2.45) is 0 Å². The molecule has 0 spiro atoms. The van der Waals surface area contributed by atoms with Gasteiger partial charge in [-0.25, -0.2) is 8.42 Å². The third-order valence-corrected chi connectivity index (χ3v) is 6.48. The minimum Gasteiger partial charge on any atom is -0.310 e. The van der Waals surface area contributed by atoms with Crippen molar-refractivity contribution in [1.29, 1.82) is 0 Å². The summed E-state index contributed by atoms with van der Waals surface area (Å²) in [7, 11) is -2.92. The summed E-state index contributed by atoms with van der Waals surface area (Å²) in [5.74, 6) is 0.498. The lowest BCUT2D eigenvalue weighted by Gasteiger charge is -2.26. The van der Waals surface area contributed by atoms with Crippen molar-refractivity contribution >= 4 is 9.84 Å². The molecule has 21 heavy (non-hydrogen) atoms. The average molecular weight is 311 g/mol. The lowest BCUT2D eigenvalue weighted by Crippen LogP contribution is -2.34. The molecule has 1 aliphatic carbocycles. The Morgan fingerprint density at radius 3 is 2.81 bits per heavy atom. The van der Waals surface area contributed by atoms with E-state index in [4.69, 9.17) is 0 Å².